The average Bonchev–Trinajstić information content (AvgIpc) is 2.43. The Hall–Kier alpha value is -0.570. The Morgan fingerprint density at radius 2 is 1.79 bits per heavy atom. The molecule has 3 heteroatoms. The lowest BCUT2D eigenvalue weighted by Gasteiger charge is -2.28. The number of rotatable bonds is 9. The van der Waals surface area contributed by atoms with Gasteiger partial charge in [0.05, 0.1) is 0 Å². The fourth-order valence-electron chi connectivity index (χ4n) is 2.85. The summed E-state index contributed by atoms with van der Waals surface area (Å²) in [7, 11) is 0. The van der Waals surface area contributed by atoms with Crippen molar-refractivity contribution in [1.29, 1.82) is 0 Å². The molecule has 1 amide bonds. The van der Waals surface area contributed by atoms with Crippen LogP contribution in [0.15, 0.2) is 0 Å². The van der Waals surface area contributed by atoms with E-state index in [0.29, 0.717) is 18.4 Å². The minimum atomic E-state index is 0.251. The molecule has 0 aromatic rings. The molecule has 0 bridgehead atoms. The van der Waals surface area contributed by atoms with Gasteiger partial charge in [-0.05, 0) is 45.2 Å². The fourth-order valence-corrected chi connectivity index (χ4v) is 2.85. The molecule has 1 heterocycles. The van der Waals surface area contributed by atoms with Gasteiger partial charge in [-0.1, -0.05) is 39.0 Å². The molecule has 0 spiro atoms. The van der Waals surface area contributed by atoms with E-state index in [-0.39, 0.29) is 5.91 Å². The Labute approximate surface area is 118 Å². The fraction of sp³-hybridized carbons (Fsp3) is 0.938. The van der Waals surface area contributed by atoms with Crippen molar-refractivity contribution in [2.75, 3.05) is 13.1 Å². The van der Waals surface area contributed by atoms with Gasteiger partial charge in [-0.25, -0.2) is 0 Å². The summed E-state index contributed by atoms with van der Waals surface area (Å²) in [6, 6.07) is 0.342. The van der Waals surface area contributed by atoms with Crippen LogP contribution in [0.25, 0.3) is 0 Å². The number of carbonyl (C=O) groups excluding carboxylic acids is 1. The number of piperidine rings is 1. The van der Waals surface area contributed by atoms with Gasteiger partial charge in [-0.15, -0.1) is 0 Å². The van der Waals surface area contributed by atoms with Gasteiger partial charge in [0.1, 0.15) is 0 Å². The molecule has 19 heavy (non-hydrogen) atoms. The van der Waals surface area contributed by atoms with Crippen LogP contribution < -0.4 is 10.6 Å². The third-order valence-electron chi connectivity index (χ3n) is 4.24. The van der Waals surface area contributed by atoms with E-state index in [1.54, 1.807) is 0 Å². The van der Waals surface area contributed by atoms with Gasteiger partial charge in [-0.3, -0.25) is 4.79 Å². The quantitative estimate of drug-likeness (QED) is 0.630. The van der Waals surface area contributed by atoms with Crippen molar-refractivity contribution in [1.82, 2.24) is 10.6 Å². The molecule has 0 aromatic heterocycles. The van der Waals surface area contributed by atoms with Gasteiger partial charge in [0, 0.05) is 12.5 Å². The molecule has 0 saturated carbocycles. The SMILES string of the molecule is CCCCCCCCC(=O)NC(C)C1CCNCC1. The molecule has 1 unspecified atom stereocenters. The zero-order valence-electron chi connectivity index (χ0n) is 12.8. The van der Waals surface area contributed by atoms with Crippen molar-refractivity contribution >= 4 is 5.91 Å². The minimum Gasteiger partial charge on any atom is -0.353 e. The largest absolute Gasteiger partial charge is 0.353 e. The van der Waals surface area contributed by atoms with E-state index in [2.05, 4.69) is 24.5 Å². The first-order chi connectivity index (χ1) is 9.24. The summed E-state index contributed by atoms with van der Waals surface area (Å²) in [5.41, 5.74) is 0. The van der Waals surface area contributed by atoms with E-state index in [1.165, 1.54) is 44.9 Å². The van der Waals surface area contributed by atoms with Crippen molar-refractivity contribution in [3.05, 3.63) is 0 Å². The highest BCUT2D eigenvalue weighted by Gasteiger charge is 2.20. The van der Waals surface area contributed by atoms with Crippen LogP contribution in [0.4, 0.5) is 0 Å². The van der Waals surface area contributed by atoms with Gasteiger partial charge in [0.25, 0.3) is 0 Å². The van der Waals surface area contributed by atoms with Crippen molar-refractivity contribution in [2.24, 2.45) is 5.92 Å². The summed E-state index contributed by atoms with van der Waals surface area (Å²) in [6.45, 7) is 6.59. The average molecular weight is 268 g/mol. The Balaban J connectivity index is 2.02. The lowest BCUT2D eigenvalue weighted by Crippen LogP contribution is -2.42. The molecular formula is C16H32N2O. The molecule has 2 N–H and O–H groups in total. The molecule has 112 valence electrons. The second-order valence-electron chi connectivity index (χ2n) is 5.96. The van der Waals surface area contributed by atoms with E-state index < -0.39 is 0 Å². The second-order valence-corrected chi connectivity index (χ2v) is 5.96. The Morgan fingerprint density at radius 1 is 1.16 bits per heavy atom. The van der Waals surface area contributed by atoms with E-state index in [0.717, 1.165) is 19.5 Å². The summed E-state index contributed by atoms with van der Waals surface area (Å²) in [4.78, 5) is 11.9. The highest BCUT2D eigenvalue weighted by molar-refractivity contribution is 5.76. The summed E-state index contributed by atoms with van der Waals surface area (Å²) in [6.07, 6.45) is 10.6. The van der Waals surface area contributed by atoms with Crippen molar-refractivity contribution in [2.45, 2.75) is 77.7 Å². The third kappa shape index (κ3) is 7.56. The molecule has 0 aromatic carbocycles. The highest BCUT2D eigenvalue weighted by atomic mass is 16.1. The number of hydrogen-bond donors (Lipinski definition) is 2. The van der Waals surface area contributed by atoms with Gasteiger partial charge in [0.2, 0.25) is 5.91 Å². The molecule has 0 aliphatic carbocycles. The maximum absolute atomic E-state index is 11.9. The molecule has 1 saturated heterocycles. The van der Waals surface area contributed by atoms with Crippen molar-refractivity contribution < 1.29 is 4.79 Å². The number of amides is 1. The van der Waals surface area contributed by atoms with Crippen LogP contribution in [0, 0.1) is 5.92 Å². The van der Waals surface area contributed by atoms with Gasteiger partial charge >= 0.3 is 0 Å². The minimum absolute atomic E-state index is 0.251. The number of unbranched alkanes of at least 4 members (excludes halogenated alkanes) is 5. The van der Waals surface area contributed by atoms with Crippen LogP contribution in [0.3, 0.4) is 0 Å². The second kappa shape index (κ2) is 10.2. The van der Waals surface area contributed by atoms with E-state index >= 15 is 0 Å². The standard InChI is InChI=1S/C16H32N2O/c1-3-4-5-6-7-8-9-16(19)18-14(2)15-10-12-17-13-11-15/h14-15,17H,3-13H2,1-2H3,(H,18,19). The summed E-state index contributed by atoms with van der Waals surface area (Å²) in [5, 5.41) is 6.55. The van der Waals surface area contributed by atoms with E-state index in [4.69, 9.17) is 0 Å². The molecule has 1 atom stereocenters. The van der Waals surface area contributed by atoms with Crippen LogP contribution in [0.5, 0.6) is 0 Å². The monoisotopic (exact) mass is 268 g/mol. The first-order valence-corrected chi connectivity index (χ1v) is 8.24. The lowest BCUT2D eigenvalue weighted by molar-refractivity contribution is -0.122. The van der Waals surface area contributed by atoms with Crippen LogP contribution >= 0.6 is 0 Å². The molecule has 1 fully saturated rings. The number of nitrogens with one attached hydrogen (secondary N) is 2. The topological polar surface area (TPSA) is 41.1 Å². The summed E-state index contributed by atoms with van der Waals surface area (Å²) in [5.74, 6) is 0.913. The molecule has 3 nitrogen and oxygen atoms in total. The maximum Gasteiger partial charge on any atom is 0.220 e. The van der Waals surface area contributed by atoms with Crippen LogP contribution in [0.1, 0.15) is 71.6 Å². The first kappa shape index (κ1) is 16.5. The first-order valence-electron chi connectivity index (χ1n) is 8.24. The Morgan fingerprint density at radius 3 is 2.47 bits per heavy atom. The molecule has 1 aliphatic rings. The molecule has 1 rings (SSSR count). The third-order valence-corrected chi connectivity index (χ3v) is 4.24. The zero-order chi connectivity index (χ0) is 13.9. The van der Waals surface area contributed by atoms with Gasteiger partial charge < -0.3 is 10.6 Å². The summed E-state index contributed by atoms with van der Waals surface area (Å²) >= 11 is 0. The summed E-state index contributed by atoms with van der Waals surface area (Å²) < 4.78 is 0. The van der Waals surface area contributed by atoms with Crippen molar-refractivity contribution in [3.8, 4) is 0 Å². The van der Waals surface area contributed by atoms with Crippen LogP contribution in [0.2, 0.25) is 0 Å². The van der Waals surface area contributed by atoms with E-state index in [1.807, 2.05) is 0 Å². The highest BCUT2D eigenvalue weighted by Crippen LogP contribution is 2.16. The smallest absolute Gasteiger partial charge is 0.220 e. The Kier molecular flexibility index (Phi) is 8.89. The maximum atomic E-state index is 11.9. The Bertz CT molecular complexity index is 237. The van der Waals surface area contributed by atoms with Crippen LogP contribution in [-0.4, -0.2) is 25.0 Å². The van der Waals surface area contributed by atoms with Gasteiger partial charge in [-0.2, -0.15) is 0 Å². The number of carbonyl (C=O) groups is 1. The number of hydrogen-bond acceptors (Lipinski definition) is 2. The predicted molar refractivity (Wildman–Crippen MR) is 81.2 cm³/mol. The van der Waals surface area contributed by atoms with E-state index in [9.17, 15) is 4.79 Å². The normalized spacial score (nSPS) is 18.2. The lowest BCUT2D eigenvalue weighted by atomic mass is 9.91. The molecule has 0 radical (unpaired) electrons. The van der Waals surface area contributed by atoms with Crippen molar-refractivity contribution in [3.63, 3.8) is 0 Å². The molecular weight excluding hydrogens is 236 g/mol. The van der Waals surface area contributed by atoms with Gasteiger partial charge in [0.15, 0.2) is 0 Å². The predicted octanol–water partition coefficient (Wildman–Crippen LogP) is 3.24. The van der Waals surface area contributed by atoms with Crippen LogP contribution in [-0.2, 0) is 4.79 Å². The zero-order valence-corrected chi connectivity index (χ0v) is 12.8. The molecule has 1 aliphatic heterocycles.